The lowest BCUT2D eigenvalue weighted by atomic mass is 9.97. The summed E-state index contributed by atoms with van der Waals surface area (Å²) >= 11 is 0. The van der Waals surface area contributed by atoms with E-state index in [2.05, 4.69) is 0 Å². The number of ether oxygens (including phenoxy) is 2. The van der Waals surface area contributed by atoms with Crippen LogP contribution in [0.5, 0.6) is 0 Å². The van der Waals surface area contributed by atoms with E-state index in [0.717, 1.165) is 6.42 Å². The predicted octanol–water partition coefficient (Wildman–Crippen LogP) is 2.00. The molecule has 0 heterocycles. The minimum Gasteiger partial charge on any atom is -0.465 e. The van der Waals surface area contributed by atoms with Gasteiger partial charge in [-0.1, -0.05) is 0 Å². The van der Waals surface area contributed by atoms with Gasteiger partial charge in [0.2, 0.25) is 0 Å². The molecule has 0 aromatic rings. The van der Waals surface area contributed by atoms with Gasteiger partial charge in [-0.25, -0.2) is 0 Å². The van der Waals surface area contributed by atoms with Gasteiger partial charge in [-0.05, 0) is 27.7 Å². The number of esters is 1. The maximum atomic E-state index is 11.2. The van der Waals surface area contributed by atoms with Crippen molar-refractivity contribution < 1.29 is 14.3 Å². The molecule has 0 amide bonds. The van der Waals surface area contributed by atoms with Gasteiger partial charge >= 0.3 is 5.97 Å². The molecule has 0 spiro atoms. The first-order valence-electron chi connectivity index (χ1n) is 4.73. The third-order valence-corrected chi connectivity index (χ3v) is 1.48. The van der Waals surface area contributed by atoms with Crippen LogP contribution in [-0.2, 0) is 14.3 Å². The van der Waals surface area contributed by atoms with Crippen molar-refractivity contribution in [3.05, 3.63) is 0 Å². The van der Waals surface area contributed by atoms with Gasteiger partial charge in [0.05, 0.1) is 12.0 Å². The summed E-state index contributed by atoms with van der Waals surface area (Å²) in [6.07, 6.45) is 0.773. The number of carbonyl (C=O) groups excluding carboxylic acids is 1. The minimum absolute atomic E-state index is 0.149. The van der Waals surface area contributed by atoms with Crippen LogP contribution in [0.25, 0.3) is 0 Å². The van der Waals surface area contributed by atoms with Gasteiger partial charge in [-0.2, -0.15) is 0 Å². The van der Waals surface area contributed by atoms with Gasteiger partial charge in [-0.3, -0.25) is 4.79 Å². The molecule has 0 N–H and O–H groups in total. The van der Waals surface area contributed by atoms with Gasteiger partial charge < -0.3 is 9.47 Å². The highest BCUT2D eigenvalue weighted by molar-refractivity contribution is 5.75. The zero-order chi connectivity index (χ0) is 10.3. The first-order chi connectivity index (χ1) is 5.98. The lowest BCUT2D eigenvalue weighted by Gasteiger charge is -2.16. The van der Waals surface area contributed by atoms with E-state index in [1.807, 2.05) is 27.7 Å². The van der Waals surface area contributed by atoms with Crippen LogP contribution in [0.2, 0.25) is 0 Å². The average molecular weight is 188 g/mol. The second-order valence-electron chi connectivity index (χ2n) is 3.94. The fraction of sp³-hybridized carbons (Fsp3) is 0.900. The van der Waals surface area contributed by atoms with Crippen LogP contribution >= 0.6 is 0 Å². The Kier molecular flexibility index (Phi) is 5.71. The fourth-order valence-corrected chi connectivity index (χ4v) is 0.687. The monoisotopic (exact) mass is 188 g/mol. The second-order valence-corrected chi connectivity index (χ2v) is 3.94. The maximum Gasteiger partial charge on any atom is 0.311 e. The molecule has 0 atom stereocenters. The van der Waals surface area contributed by atoms with Gasteiger partial charge in [0.25, 0.3) is 0 Å². The van der Waals surface area contributed by atoms with E-state index < -0.39 is 5.41 Å². The van der Waals surface area contributed by atoms with Gasteiger partial charge in [0.15, 0.2) is 0 Å². The van der Waals surface area contributed by atoms with Gasteiger partial charge in [0.1, 0.15) is 0 Å². The van der Waals surface area contributed by atoms with Crippen LogP contribution in [0.15, 0.2) is 0 Å². The molecule has 0 aromatic heterocycles. The fourth-order valence-electron chi connectivity index (χ4n) is 0.687. The summed E-state index contributed by atoms with van der Waals surface area (Å²) in [6.45, 7) is 9.31. The van der Waals surface area contributed by atoms with E-state index in [-0.39, 0.29) is 5.97 Å². The van der Waals surface area contributed by atoms with Crippen LogP contribution in [0.4, 0.5) is 0 Å². The molecule has 0 aliphatic carbocycles. The topological polar surface area (TPSA) is 35.5 Å². The highest BCUT2D eigenvalue weighted by Crippen LogP contribution is 2.14. The lowest BCUT2D eigenvalue weighted by molar-refractivity contribution is -0.153. The van der Waals surface area contributed by atoms with Crippen molar-refractivity contribution in [2.75, 3.05) is 19.8 Å². The Labute approximate surface area is 80.4 Å². The summed E-state index contributed by atoms with van der Waals surface area (Å²) in [4.78, 5) is 11.2. The van der Waals surface area contributed by atoms with Crippen LogP contribution < -0.4 is 0 Å². The van der Waals surface area contributed by atoms with E-state index in [1.165, 1.54) is 0 Å². The molecule has 0 saturated heterocycles. The van der Waals surface area contributed by atoms with Crippen molar-refractivity contribution in [2.45, 2.75) is 34.1 Å². The molecule has 0 aliphatic rings. The largest absolute Gasteiger partial charge is 0.465 e. The van der Waals surface area contributed by atoms with E-state index in [0.29, 0.717) is 19.8 Å². The summed E-state index contributed by atoms with van der Waals surface area (Å²) in [7, 11) is 0. The van der Waals surface area contributed by atoms with E-state index in [4.69, 9.17) is 9.47 Å². The Balaban J connectivity index is 3.38. The highest BCUT2D eigenvalue weighted by atomic mass is 16.5. The van der Waals surface area contributed by atoms with Crippen molar-refractivity contribution in [3.8, 4) is 0 Å². The molecule has 0 radical (unpaired) electrons. The molecular formula is C10H20O3. The zero-order valence-electron chi connectivity index (χ0n) is 9.05. The zero-order valence-corrected chi connectivity index (χ0v) is 9.05. The van der Waals surface area contributed by atoms with Crippen molar-refractivity contribution in [1.82, 2.24) is 0 Å². The van der Waals surface area contributed by atoms with Crippen LogP contribution in [0.3, 0.4) is 0 Å². The third-order valence-electron chi connectivity index (χ3n) is 1.48. The number of rotatable bonds is 5. The Bertz CT molecular complexity index is 147. The molecule has 0 saturated carbocycles. The predicted molar refractivity (Wildman–Crippen MR) is 51.5 cm³/mol. The van der Waals surface area contributed by atoms with Crippen LogP contribution in [0, 0.1) is 5.41 Å². The van der Waals surface area contributed by atoms with Crippen molar-refractivity contribution in [1.29, 1.82) is 0 Å². The highest BCUT2D eigenvalue weighted by Gasteiger charge is 2.22. The number of hydrogen-bond acceptors (Lipinski definition) is 3. The first kappa shape index (κ1) is 12.4. The molecule has 0 fully saturated rings. The summed E-state index contributed by atoms with van der Waals surface area (Å²) in [5.74, 6) is -0.149. The molecule has 13 heavy (non-hydrogen) atoms. The summed E-state index contributed by atoms with van der Waals surface area (Å²) in [5, 5.41) is 0. The maximum absolute atomic E-state index is 11.2. The Morgan fingerprint density at radius 2 is 1.85 bits per heavy atom. The Morgan fingerprint density at radius 1 is 1.23 bits per heavy atom. The van der Waals surface area contributed by atoms with E-state index in [9.17, 15) is 4.79 Å². The normalized spacial score (nSPS) is 11.4. The van der Waals surface area contributed by atoms with E-state index >= 15 is 0 Å². The first-order valence-corrected chi connectivity index (χ1v) is 4.73. The van der Waals surface area contributed by atoms with Crippen molar-refractivity contribution in [3.63, 3.8) is 0 Å². The number of hydrogen-bond donors (Lipinski definition) is 0. The summed E-state index contributed by atoms with van der Waals surface area (Å²) < 4.78 is 10.1. The second kappa shape index (κ2) is 5.97. The van der Waals surface area contributed by atoms with Gasteiger partial charge in [-0.15, -0.1) is 0 Å². The van der Waals surface area contributed by atoms with Crippen molar-refractivity contribution >= 4 is 5.97 Å². The Hall–Kier alpha value is -0.570. The Morgan fingerprint density at radius 3 is 2.31 bits per heavy atom. The molecule has 78 valence electrons. The molecule has 0 aliphatic heterocycles. The summed E-state index contributed by atoms with van der Waals surface area (Å²) in [6, 6.07) is 0. The molecule has 3 heteroatoms. The smallest absolute Gasteiger partial charge is 0.311 e. The number of carbonyl (C=O) groups is 1. The van der Waals surface area contributed by atoms with Crippen molar-refractivity contribution in [2.24, 2.45) is 5.41 Å². The standard InChI is InChI=1S/C10H20O3/c1-5-12-7-6-8-13-9(11)10(2,3)4/h5-8H2,1-4H3. The van der Waals surface area contributed by atoms with E-state index in [1.54, 1.807) is 0 Å². The molecule has 0 rings (SSSR count). The molecule has 0 bridgehead atoms. The summed E-state index contributed by atoms with van der Waals surface area (Å²) in [5.41, 5.74) is -0.397. The van der Waals surface area contributed by atoms with Crippen LogP contribution in [-0.4, -0.2) is 25.8 Å². The lowest BCUT2D eigenvalue weighted by Crippen LogP contribution is -2.23. The third kappa shape index (κ3) is 6.58. The quantitative estimate of drug-likeness (QED) is 0.489. The average Bonchev–Trinajstić information content (AvgIpc) is 2.02. The molecule has 0 aromatic carbocycles. The molecule has 0 unspecified atom stereocenters. The molecular weight excluding hydrogens is 168 g/mol. The minimum atomic E-state index is -0.397. The molecule has 3 nitrogen and oxygen atoms in total. The van der Waals surface area contributed by atoms with Crippen LogP contribution in [0.1, 0.15) is 34.1 Å². The van der Waals surface area contributed by atoms with Gasteiger partial charge in [0, 0.05) is 19.6 Å². The SMILES string of the molecule is CCOCCCOC(=O)C(C)(C)C.